The van der Waals surface area contributed by atoms with Crippen LogP contribution in [0.25, 0.3) is 0 Å². The summed E-state index contributed by atoms with van der Waals surface area (Å²) < 4.78 is 0. The Kier molecular flexibility index (Phi) is 2.97. The van der Waals surface area contributed by atoms with Crippen LogP contribution in [0, 0.1) is 6.92 Å². The Morgan fingerprint density at radius 1 is 1.33 bits per heavy atom. The van der Waals surface area contributed by atoms with Crippen LogP contribution in [0.15, 0.2) is 12.3 Å². The monoisotopic (exact) mass is 247 g/mol. The number of nitrogens with two attached hydrogens (primary N) is 2. The zero-order chi connectivity index (χ0) is 12.7. The van der Waals surface area contributed by atoms with Crippen LogP contribution in [-0.4, -0.2) is 53.5 Å². The lowest BCUT2D eigenvalue weighted by atomic mass is 9.92. The molecule has 98 valence electrons. The predicted molar refractivity (Wildman–Crippen MR) is 72.1 cm³/mol. The van der Waals surface area contributed by atoms with Crippen LogP contribution in [0.4, 0.5) is 5.82 Å². The second kappa shape index (κ2) is 4.50. The summed E-state index contributed by atoms with van der Waals surface area (Å²) in [6.07, 6.45) is 1.75. The van der Waals surface area contributed by atoms with Crippen LogP contribution in [-0.2, 0) is 0 Å². The molecule has 0 aliphatic carbocycles. The van der Waals surface area contributed by atoms with Gasteiger partial charge in [-0.05, 0) is 18.6 Å². The minimum Gasteiger partial charge on any atom is -0.383 e. The third kappa shape index (κ3) is 1.88. The third-order valence-electron chi connectivity index (χ3n) is 4.31. The van der Waals surface area contributed by atoms with Gasteiger partial charge in [-0.25, -0.2) is 4.98 Å². The van der Waals surface area contributed by atoms with Crippen molar-refractivity contribution in [3.8, 4) is 0 Å². The van der Waals surface area contributed by atoms with Crippen molar-refractivity contribution in [3.05, 3.63) is 23.4 Å². The Morgan fingerprint density at radius 2 is 2.06 bits per heavy atom. The number of nitrogen functional groups attached to an aromatic ring is 1. The van der Waals surface area contributed by atoms with E-state index in [0.717, 1.165) is 30.8 Å². The highest BCUT2D eigenvalue weighted by Crippen LogP contribution is 2.29. The van der Waals surface area contributed by atoms with Crippen LogP contribution >= 0.6 is 0 Å². The Hall–Kier alpha value is -1.17. The molecular formula is C13H21N5. The van der Waals surface area contributed by atoms with E-state index in [4.69, 9.17) is 11.5 Å². The summed E-state index contributed by atoms with van der Waals surface area (Å²) in [7, 11) is 0. The molecule has 0 spiro atoms. The first-order valence-electron chi connectivity index (χ1n) is 6.60. The fourth-order valence-corrected chi connectivity index (χ4v) is 3.22. The van der Waals surface area contributed by atoms with Crippen molar-refractivity contribution < 1.29 is 0 Å². The van der Waals surface area contributed by atoms with E-state index in [1.54, 1.807) is 6.20 Å². The van der Waals surface area contributed by atoms with Crippen molar-refractivity contribution >= 4 is 5.82 Å². The quantitative estimate of drug-likeness (QED) is 0.768. The molecule has 3 fully saturated rings. The van der Waals surface area contributed by atoms with Gasteiger partial charge >= 0.3 is 0 Å². The van der Waals surface area contributed by atoms with Gasteiger partial charge in [-0.15, -0.1) is 0 Å². The molecule has 4 N–H and O–H groups in total. The second-order valence-corrected chi connectivity index (χ2v) is 5.36. The zero-order valence-electron chi connectivity index (χ0n) is 10.8. The zero-order valence-corrected chi connectivity index (χ0v) is 10.8. The number of fused-ring (bicyclic) bond motifs is 3. The first-order valence-corrected chi connectivity index (χ1v) is 6.60. The molecule has 3 aliphatic rings. The molecule has 1 aromatic heterocycles. The number of pyridine rings is 1. The number of aryl methyl sites for hydroxylation is 1. The molecular weight excluding hydrogens is 226 g/mol. The fourth-order valence-electron chi connectivity index (χ4n) is 3.22. The number of aromatic nitrogens is 1. The predicted octanol–water partition coefficient (Wildman–Crippen LogP) is -0.0282. The van der Waals surface area contributed by atoms with Crippen LogP contribution in [0.1, 0.15) is 17.2 Å². The van der Waals surface area contributed by atoms with Crippen molar-refractivity contribution in [1.82, 2.24) is 14.8 Å². The number of rotatable bonds is 2. The minimum atomic E-state index is -0.0400. The summed E-state index contributed by atoms with van der Waals surface area (Å²) in [4.78, 5) is 9.17. The molecule has 0 aromatic carbocycles. The maximum Gasteiger partial charge on any atom is 0.128 e. The molecule has 3 saturated heterocycles. The summed E-state index contributed by atoms with van der Waals surface area (Å²) in [6, 6.07) is 2.32. The summed E-state index contributed by atoms with van der Waals surface area (Å²) in [5.74, 6) is 0.583. The molecule has 2 bridgehead atoms. The Balaban J connectivity index is 1.88. The third-order valence-corrected chi connectivity index (χ3v) is 4.31. The largest absolute Gasteiger partial charge is 0.383 e. The molecule has 5 nitrogen and oxygen atoms in total. The van der Waals surface area contributed by atoms with Gasteiger partial charge in [0.05, 0.1) is 6.04 Å². The van der Waals surface area contributed by atoms with Gasteiger partial charge in [0.1, 0.15) is 5.82 Å². The van der Waals surface area contributed by atoms with E-state index < -0.39 is 0 Å². The topological polar surface area (TPSA) is 71.4 Å². The van der Waals surface area contributed by atoms with E-state index in [2.05, 4.69) is 21.7 Å². The highest BCUT2D eigenvalue weighted by molar-refractivity contribution is 5.46. The molecule has 4 rings (SSSR count). The van der Waals surface area contributed by atoms with E-state index in [1.807, 2.05) is 6.07 Å². The molecule has 2 atom stereocenters. The highest BCUT2D eigenvalue weighted by Gasteiger charge is 2.36. The van der Waals surface area contributed by atoms with E-state index in [9.17, 15) is 0 Å². The summed E-state index contributed by atoms with van der Waals surface area (Å²) in [5.41, 5.74) is 14.6. The lowest BCUT2D eigenvalue weighted by Gasteiger charge is -2.49. The average molecular weight is 247 g/mol. The lowest BCUT2D eigenvalue weighted by Crippen LogP contribution is -2.63. The van der Waals surface area contributed by atoms with Gasteiger partial charge in [0.2, 0.25) is 0 Å². The summed E-state index contributed by atoms with van der Waals surface area (Å²) in [6.45, 7) is 7.70. The molecule has 0 amide bonds. The van der Waals surface area contributed by atoms with Crippen molar-refractivity contribution in [3.63, 3.8) is 0 Å². The molecule has 3 aliphatic heterocycles. The molecule has 0 saturated carbocycles. The van der Waals surface area contributed by atoms with Gasteiger partial charge in [-0.2, -0.15) is 0 Å². The molecule has 1 aromatic rings. The van der Waals surface area contributed by atoms with Crippen LogP contribution < -0.4 is 11.5 Å². The highest BCUT2D eigenvalue weighted by atomic mass is 15.3. The Bertz CT molecular complexity index is 419. The SMILES string of the molecule is Cc1ccnc(N)c1C(N)C1CN2CCN1CC2. The summed E-state index contributed by atoms with van der Waals surface area (Å²) in [5, 5.41) is 0. The Morgan fingerprint density at radius 3 is 2.61 bits per heavy atom. The molecule has 0 radical (unpaired) electrons. The number of piperazine rings is 3. The van der Waals surface area contributed by atoms with Crippen molar-refractivity contribution in [2.24, 2.45) is 5.73 Å². The van der Waals surface area contributed by atoms with Gasteiger partial charge in [0, 0.05) is 50.5 Å². The van der Waals surface area contributed by atoms with E-state index >= 15 is 0 Å². The number of anilines is 1. The number of hydrogen-bond donors (Lipinski definition) is 2. The van der Waals surface area contributed by atoms with Crippen LogP contribution in [0.2, 0.25) is 0 Å². The summed E-state index contributed by atoms with van der Waals surface area (Å²) >= 11 is 0. The normalized spacial score (nSPS) is 32.4. The fraction of sp³-hybridized carbons (Fsp3) is 0.615. The van der Waals surface area contributed by atoms with Crippen molar-refractivity contribution in [1.29, 1.82) is 0 Å². The second-order valence-electron chi connectivity index (χ2n) is 5.36. The van der Waals surface area contributed by atoms with Crippen molar-refractivity contribution in [2.75, 3.05) is 38.5 Å². The van der Waals surface area contributed by atoms with Crippen LogP contribution in [0.5, 0.6) is 0 Å². The molecule has 4 heterocycles. The maximum absolute atomic E-state index is 6.47. The Labute approximate surface area is 108 Å². The van der Waals surface area contributed by atoms with E-state index in [1.165, 1.54) is 13.1 Å². The first kappa shape index (κ1) is 11.9. The van der Waals surface area contributed by atoms with Gasteiger partial charge in [0.15, 0.2) is 0 Å². The van der Waals surface area contributed by atoms with E-state index in [0.29, 0.717) is 11.9 Å². The van der Waals surface area contributed by atoms with Crippen LogP contribution in [0.3, 0.4) is 0 Å². The average Bonchev–Trinajstić information content (AvgIpc) is 2.39. The smallest absolute Gasteiger partial charge is 0.128 e. The number of nitrogens with zero attached hydrogens (tertiary/aromatic N) is 3. The van der Waals surface area contributed by atoms with Gasteiger partial charge in [0.25, 0.3) is 0 Å². The lowest BCUT2D eigenvalue weighted by molar-refractivity contribution is 0.00213. The van der Waals surface area contributed by atoms with Crippen molar-refractivity contribution in [2.45, 2.75) is 19.0 Å². The molecule has 2 unspecified atom stereocenters. The first-order chi connectivity index (χ1) is 8.66. The molecule has 5 heteroatoms. The van der Waals surface area contributed by atoms with Gasteiger partial charge in [-0.1, -0.05) is 0 Å². The van der Waals surface area contributed by atoms with Gasteiger partial charge < -0.3 is 11.5 Å². The minimum absolute atomic E-state index is 0.0400. The van der Waals surface area contributed by atoms with E-state index in [-0.39, 0.29) is 6.04 Å². The number of hydrogen-bond acceptors (Lipinski definition) is 5. The van der Waals surface area contributed by atoms with Gasteiger partial charge in [-0.3, -0.25) is 9.80 Å². The standard InChI is InChI=1S/C13H21N5/c1-9-2-3-16-13(15)11(9)12(14)10-8-17-4-6-18(10)7-5-17/h2-3,10,12H,4-8,14H2,1H3,(H2,15,16). The maximum atomic E-state index is 6.47. The molecule has 18 heavy (non-hydrogen) atoms.